The van der Waals surface area contributed by atoms with Crippen molar-refractivity contribution in [3.63, 3.8) is 0 Å². The number of carboxylic acid groups (broad SMARTS) is 1. The number of carbonyl (C=O) groups is 2. The second-order valence-electron chi connectivity index (χ2n) is 7.13. The zero-order valence-electron chi connectivity index (χ0n) is 17.6. The highest BCUT2D eigenvalue weighted by Crippen LogP contribution is 2.32. The van der Waals surface area contributed by atoms with Crippen LogP contribution in [0.15, 0.2) is 40.8 Å². The number of nitrogens with one attached hydrogen (secondary N) is 1. The number of furan rings is 1. The number of ketones is 1. The summed E-state index contributed by atoms with van der Waals surface area (Å²) in [4.78, 5) is 24.8. The van der Waals surface area contributed by atoms with Gasteiger partial charge in [-0.1, -0.05) is 32.0 Å². The van der Waals surface area contributed by atoms with E-state index in [4.69, 9.17) is 9.15 Å². The fourth-order valence-corrected chi connectivity index (χ4v) is 3.60. The highest BCUT2D eigenvalue weighted by Gasteiger charge is 2.24. The predicted octanol–water partition coefficient (Wildman–Crippen LogP) is 4.15. The van der Waals surface area contributed by atoms with Crippen molar-refractivity contribution in [2.24, 2.45) is 0 Å². The van der Waals surface area contributed by atoms with Gasteiger partial charge in [0, 0.05) is 17.5 Å². The highest BCUT2D eigenvalue weighted by atomic mass is 16.5. The molecule has 3 aromatic rings. The fraction of sp³-hybridized carbons (Fsp3) is 0.333. The van der Waals surface area contributed by atoms with E-state index in [2.05, 4.69) is 5.32 Å². The van der Waals surface area contributed by atoms with Crippen LogP contribution in [0.25, 0.3) is 11.0 Å². The molecule has 0 bridgehead atoms. The maximum atomic E-state index is 13.5. The Hall–Kier alpha value is -3.12. The van der Waals surface area contributed by atoms with E-state index in [1.165, 1.54) is 0 Å². The first-order valence-corrected chi connectivity index (χ1v) is 10.2. The smallest absolute Gasteiger partial charge is 0.311 e. The Morgan fingerprint density at radius 2 is 1.93 bits per heavy atom. The van der Waals surface area contributed by atoms with Crippen LogP contribution in [0.2, 0.25) is 0 Å². The van der Waals surface area contributed by atoms with Crippen LogP contribution in [0, 0.1) is 6.92 Å². The molecule has 0 fully saturated rings. The van der Waals surface area contributed by atoms with Crippen molar-refractivity contribution in [2.75, 3.05) is 19.7 Å². The van der Waals surface area contributed by atoms with Crippen LogP contribution in [0.3, 0.4) is 0 Å². The van der Waals surface area contributed by atoms with Gasteiger partial charge in [-0.2, -0.15) is 0 Å². The summed E-state index contributed by atoms with van der Waals surface area (Å²) in [7, 11) is 0. The van der Waals surface area contributed by atoms with Gasteiger partial charge in [0.2, 0.25) is 0 Å². The molecular formula is C24H27NO5. The molecule has 0 amide bonds. The van der Waals surface area contributed by atoms with Crippen LogP contribution in [-0.2, 0) is 17.6 Å². The Morgan fingerprint density at radius 1 is 1.17 bits per heavy atom. The number of aryl methyl sites for hydroxylation is 2. The van der Waals surface area contributed by atoms with Crippen LogP contribution in [0.4, 0.5) is 0 Å². The second kappa shape index (κ2) is 9.59. The van der Waals surface area contributed by atoms with Crippen LogP contribution in [-0.4, -0.2) is 36.6 Å². The van der Waals surface area contributed by atoms with Gasteiger partial charge in [-0.3, -0.25) is 9.59 Å². The molecule has 0 spiro atoms. The normalized spacial score (nSPS) is 11.0. The number of hydrogen-bond donors (Lipinski definition) is 2. The molecule has 158 valence electrons. The van der Waals surface area contributed by atoms with Crippen molar-refractivity contribution < 1.29 is 23.8 Å². The van der Waals surface area contributed by atoms with Gasteiger partial charge in [-0.25, -0.2) is 0 Å². The van der Waals surface area contributed by atoms with E-state index in [0.717, 1.165) is 30.0 Å². The minimum atomic E-state index is -1.04. The monoisotopic (exact) mass is 409 g/mol. The van der Waals surface area contributed by atoms with Gasteiger partial charge in [0.05, 0.1) is 5.56 Å². The second-order valence-corrected chi connectivity index (χ2v) is 7.13. The van der Waals surface area contributed by atoms with Crippen molar-refractivity contribution >= 4 is 22.7 Å². The third kappa shape index (κ3) is 4.54. The molecule has 1 heterocycles. The molecule has 0 aliphatic carbocycles. The predicted molar refractivity (Wildman–Crippen MR) is 116 cm³/mol. The lowest BCUT2D eigenvalue weighted by Crippen LogP contribution is -2.21. The molecule has 6 heteroatoms. The van der Waals surface area contributed by atoms with E-state index >= 15 is 0 Å². The topological polar surface area (TPSA) is 88.8 Å². The van der Waals surface area contributed by atoms with Gasteiger partial charge < -0.3 is 19.6 Å². The van der Waals surface area contributed by atoms with Gasteiger partial charge >= 0.3 is 5.97 Å². The first kappa shape index (κ1) is 21.6. The Bertz CT molecular complexity index is 1070. The molecule has 2 aromatic carbocycles. The van der Waals surface area contributed by atoms with Gasteiger partial charge in [0.25, 0.3) is 0 Å². The number of ether oxygens (including phenoxy) is 1. The van der Waals surface area contributed by atoms with Crippen molar-refractivity contribution in [1.29, 1.82) is 0 Å². The molecule has 0 radical (unpaired) electrons. The Labute approximate surface area is 175 Å². The fourth-order valence-electron chi connectivity index (χ4n) is 3.60. The molecule has 0 saturated carbocycles. The molecule has 0 aliphatic rings. The Balaban J connectivity index is 2.01. The lowest BCUT2D eigenvalue weighted by molar-refractivity contribution is -0.136. The molecule has 0 atom stereocenters. The summed E-state index contributed by atoms with van der Waals surface area (Å²) in [6, 6.07) is 10.8. The summed E-state index contributed by atoms with van der Waals surface area (Å²) in [6.07, 6.45) is 0.369. The van der Waals surface area contributed by atoms with Gasteiger partial charge in [-0.15, -0.1) is 0 Å². The van der Waals surface area contributed by atoms with E-state index in [9.17, 15) is 14.7 Å². The number of benzene rings is 2. The number of likely N-dealkylation sites (N-methyl/N-ethyl adjacent to an activating group) is 1. The van der Waals surface area contributed by atoms with Crippen molar-refractivity contribution in [1.82, 2.24) is 5.32 Å². The summed E-state index contributed by atoms with van der Waals surface area (Å²) in [5, 5.41) is 13.1. The molecule has 0 saturated heterocycles. The van der Waals surface area contributed by atoms with Crippen LogP contribution >= 0.6 is 0 Å². The largest absolute Gasteiger partial charge is 0.492 e. The van der Waals surface area contributed by atoms with E-state index < -0.39 is 5.97 Å². The maximum Gasteiger partial charge on any atom is 0.311 e. The molecule has 2 N–H and O–H groups in total. The van der Waals surface area contributed by atoms with Crippen LogP contribution in [0.1, 0.15) is 46.7 Å². The number of hydrogen-bond acceptors (Lipinski definition) is 5. The van der Waals surface area contributed by atoms with E-state index in [1.807, 2.05) is 32.9 Å². The third-order valence-electron chi connectivity index (χ3n) is 4.98. The minimum Gasteiger partial charge on any atom is -0.492 e. The van der Waals surface area contributed by atoms with Gasteiger partial charge in [-0.05, 0) is 49.2 Å². The maximum absolute atomic E-state index is 13.5. The molecule has 0 unspecified atom stereocenters. The first-order valence-electron chi connectivity index (χ1n) is 10.2. The molecule has 6 nitrogen and oxygen atoms in total. The summed E-state index contributed by atoms with van der Waals surface area (Å²) < 4.78 is 11.7. The third-order valence-corrected chi connectivity index (χ3v) is 4.98. The molecule has 1 aromatic heterocycles. The van der Waals surface area contributed by atoms with Gasteiger partial charge in [0.1, 0.15) is 30.1 Å². The summed E-state index contributed by atoms with van der Waals surface area (Å²) >= 11 is 0. The summed E-state index contributed by atoms with van der Waals surface area (Å²) in [5.41, 5.74) is 3.15. The number of aliphatic carboxylic acids is 1. The van der Waals surface area contributed by atoms with E-state index in [1.54, 1.807) is 24.3 Å². The minimum absolute atomic E-state index is 0.176. The van der Waals surface area contributed by atoms with Crippen LogP contribution in [0.5, 0.6) is 5.75 Å². The number of rotatable bonds is 10. The lowest BCUT2D eigenvalue weighted by atomic mass is 9.95. The lowest BCUT2D eigenvalue weighted by Gasteiger charge is -2.15. The molecule has 30 heavy (non-hydrogen) atoms. The Kier molecular flexibility index (Phi) is 6.90. The zero-order chi connectivity index (χ0) is 21.7. The SMILES string of the molecule is CCNCCOc1c(C)cc(C(=O)c2c(CC(=O)O)oc3ccccc23)cc1CC. The zero-order valence-corrected chi connectivity index (χ0v) is 17.6. The number of fused-ring (bicyclic) bond motifs is 1. The summed E-state index contributed by atoms with van der Waals surface area (Å²) in [5.74, 6) is -0.309. The van der Waals surface area contributed by atoms with Crippen LogP contribution < -0.4 is 10.1 Å². The molecule has 3 rings (SSSR count). The van der Waals surface area contributed by atoms with Gasteiger partial charge in [0.15, 0.2) is 5.78 Å². The van der Waals surface area contributed by atoms with E-state index in [-0.39, 0.29) is 18.0 Å². The average molecular weight is 409 g/mol. The quantitative estimate of drug-likeness (QED) is 0.386. The van der Waals surface area contributed by atoms with Crippen molar-refractivity contribution in [3.8, 4) is 5.75 Å². The first-order chi connectivity index (χ1) is 14.5. The number of carboxylic acids is 1. The van der Waals surface area contributed by atoms with Crippen molar-refractivity contribution in [2.45, 2.75) is 33.6 Å². The summed E-state index contributed by atoms with van der Waals surface area (Å²) in [6.45, 7) is 8.16. The van der Waals surface area contributed by atoms with E-state index in [0.29, 0.717) is 35.1 Å². The van der Waals surface area contributed by atoms with Crippen molar-refractivity contribution in [3.05, 3.63) is 64.4 Å². The molecular weight excluding hydrogens is 382 g/mol. The standard InChI is InChI=1S/C24H27NO5/c1-4-16-13-17(12-15(3)24(16)29-11-10-25-5-2)23(28)22-18-8-6-7-9-19(18)30-20(22)14-21(26)27/h6-9,12-13,25H,4-5,10-11,14H2,1-3H3,(H,26,27). The molecule has 0 aliphatic heterocycles. The number of carbonyl (C=O) groups excluding carboxylic acids is 1. The number of para-hydroxylation sites is 1. The average Bonchev–Trinajstić information content (AvgIpc) is 3.08. The Morgan fingerprint density at radius 3 is 2.63 bits per heavy atom. The highest BCUT2D eigenvalue weighted by molar-refractivity contribution is 6.17.